The van der Waals surface area contributed by atoms with E-state index < -0.39 is 0 Å². The number of nitrogens with two attached hydrogens (primary N) is 1. The topological polar surface area (TPSA) is 26.0 Å². The van der Waals surface area contributed by atoms with Crippen LogP contribution in [0.25, 0.3) is 0 Å². The highest BCUT2D eigenvalue weighted by atomic mass is 35.5. The molecule has 62 valence electrons. The van der Waals surface area contributed by atoms with Crippen LogP contribution in [-0.4, -0.2) is 5.88 Å². The molecule has 0 saturated carbocycles. The van der Waals surface area contributed by atoms with Crippen molar-refractivity contribution in [1.29, 1.82) is 0 Å². The summed E-state index contributed by atoms with van der Waals surface area (Å²) in [4.78, 5) is 0. The molecule has 2 N–H and O–H groups in total. The Morgan fingerprint density at radius 1 is 1.42 bits per heavy atom. The zero-order valence-corrected chi connectivity index (χ0v) is 7.78. The first kappa shape index (κ1) is 9.25. The molecule has 3 heteroatoms. The Morgan fingerprint density at radius 2 is 2.17 bits per heavy atom. The summed E-state index contributed by atoms with van der Waals surface area (Å²) in [6.45, 7) is 0. The summed E-state index contributed by atoms with van der Waals surface area (Å²) in [5, 5.41) is 0.548. The molecule has 12 heavy (non-hydrogen) atoms. The fourth-order valence-electron chi connectivity index (χ4n) is 0.757. The molecule has 1 aromatic rings. The highest BCUT2D eigenvalue weighted by Crippen LogP contribution is 2.18. The molecule has 0 unspecified atom stereocenters. The van der Waals surface area contributed by atoms with Crippen molar-refractivity contribution < 1.29 is 0 Å². The molecule has 0 atom stereocenters. The number of alkyl halides is 1. The van der Waals surface area contributed by atoms with E-state index >= 15 is 0 Å². The van der Waals surface area contributed by atoms with Crippen molar-refractivity contribution in [3.63, 3.8) is 0 Å². The summed E-state index contributed by atoms with van der Waals surface area (Å²) in [6, 6.07) is 5.25. The maximum absolute atomic E-state index is 5.72. The Hall–Kier alpha value is -0.840. The van der Waals surface area contributed by atoms with Crippen molar-refractivity contribution in [3.05, 3.63) is 28.8 Å². The number of hydrogen-bond acceptors (Lipinski definition) is 1. The van der Waals surface area contributed by atoms with E-state index in [1.165, 1.54) is 0 Å². The van der Waals surface area contributed by atoms with Crippen LogP contribution in [0.5, 0.6) is 0 Å². The van der Waals surface area contributed by atoms with Gasteiger partial charge in [-0.1, -0.05) is 23.4 Å². The minimum atomic E-state index is 0.322. The molecule has 0 aliphatic heterocycles. The van der Waals surface area contributed by atoms with Gasteiger partial charge in [-0.25, -0.2) is 0 Å². The lowest BCUT2D eigenvalue weighted by Gasteiger charge is -1.96. The third kappa shape index (κ3) is 2.34. The molecule has 0 amide bonds. The summed E-state index contributed by atoms with van der Waals surface area (Å²) in [6.07, 6.45) is 0. The summed E-state index contributed by atoms with van der Waals surface area (Å²) in [5.41, 5.74) is 6.93. The molecule has 0 heterocycles. The number of benzene rings is 1. The van der Waals surface area contributed by atoms with Crippen molar-refractivity contribution in [2.24, 2.45) is 0 Å². The normalized spacial score (nSPS) is 8.83. The lowest BCUT2D eigenvalue weighted by molar-refractivity contribution is 1.63. The van der Waals surface area contributed by atoms with E-state index in [9.17, 15) is 0 Å². The number of anilines is 1. The van der Waals surface area contributed by atoms with Gasteiger partial charge in [0.1, 0.15) is 0 Å². The quantitative estimate of drug-likeness (QED) is 0.388. The third-order valence-corrected chi connectivity index (χ3v) is 1.77. The van der Waals surface area contributed by atoms with Crippen LogP contribution < -0.4 is 5.73 Å². The Balaban J connectivity index is 2.97. The minimum Gasteiger partial charge on any atom is -0.397 e. The number of rotatable bonds is 0. The maximum atomic E-state index is 5.72. The number of halogens is 2. The maximum Gasteiger partial charge on any atom is 0.0839 e. The largest absolute Gasteiger partial charge is 0.397 e. The fraction of sp³-hybridized carbons (Fsp3) is 0.111. The molecule has 0 spiro atoms. The first-order valence-corrected chi connectivity index (χ1v) is 4.25. The standard InChI is InChI=1S/C9H7Cl2N/c10-5-1-2-7-3-4-8(11)9(12)6-7/h3-4,6H,5,12H2. The molecule has 0 saturated heterocycles. The number of hydrogen-bond donors (Lipinski definition) is 1. The van der Waals surface area contributed by atoms with Crippen molar-refractivity contribution in [2.45, 2.75) is 0 Å². The van der Waals surface area contributed by atoms with Gasteiger partial charge in [0.05, 0.1) is 16.6 Å². The molecule has 1 aromatic carbocycles. The zero-order chi connectivity index (χ0) is 8.97. The summed E-state index contributed by atoms with van der Waals surface area (Å²) in [7, 11) is 0. The summed E-state index contributed by atoms with van der Waals surface area (Å²) >= 11 is 11.1. The molecule has 0 aliphatic carbocycles. The molecular weight excluding hydrogens is 193 g/mol. The van der Waals surface area contributed by atoms with Crippen molar-refractivity contribution in [1.82, 2.24) is 0 Å². The van der Waals surface area contributed by atoms with Gasteiger partial charge in [0, 0.05) is 5.56 Å². The van der Waals surface area contributed by atoms with Gasteiger partial charge >= 0.3 is 0 Å². The Kier molecular flexibility index (Phi) is 3.28. The average molecular weight is 200 g/mol. The van der Waals surface area contributed by atoms with Crippen LogP contribution >= 0.6 is 23.2 Å². The second-order valence-electron chi connectivity index (χ2n) is 2.17. The van der Waals surface area contributed by atoms with Crippen LogP contribution in [0.1, 0.15) is 5.56 Å². The Morgan fingerprint density at radius 3 is 2.75 bits per heavy atom. The first-order valence-electron chi connectivity index (χ1n) is 3.34. The molecule has 0 radical (unpaired) electrons. The summed E-state index contributed by atoms with van der Waals surface area (Å²) < 4.78 is 0. The van der Waals surface area contributed by atoms with E-state index in [0.29, 0.717) is 16.6 Å². The van der Waals surface area contributed by atoms with Gasteiger partial charge in [0.15, 0.2) is 0 Å². The molecule has 0 fully saturated rings. The van der Waals surface area contributed by atoms with Crippen LogP contribution in [0, 0.1) is 11.8 Å². The van der Waals surface area contributed by atoms with E-state index in [-0.39, 0.29) is 0 Å². The third-order valence-electron chi connectivity index (χ3n) is 1.30. The molecule has 1 nitrogen and oxygen atoms in total. The van der Waals surface area contributed by atoms with E-state index in [2.05, 4.69) is 11.8 Å². The second kappa shape index (κ2) is 4.25. The van der Waals surface area contributed by atoms with Crippen molar-refractivity contribution in [2.75, 3.05) is 11.6 Å². The van der Waals surface area contributed by atoms with Crippen LogP contribution in [0.2, 0.25) is 5.02 Å². The molecule has 0 bridgehead atoms. The van der Waals surface area contributed by atoms with Gasteiger partial charge in [-0.3, -0.25) is 0 Å². The van der Waals surface area contributed by atoms with Gasteiger partial charge in [0.2, 0.25) is 0 Å². The van der Waals surface area contributed by atoms with Crippen LogP contribution in [0.15, 0.2) is 18.2 Å². The van der Waals surface area contributed by atoms with E-state index in [1.807, 2.05) is 0 Å². The minimum absolute atomic E-state index is 0.322. The average Bonchev–Trinajstić information content (AvgIpc) is 2.07. The van der Waals surface area contributed by atoms with Crippen LogP contribution in [0.3, 0.4) is 0 Å². The van der Waals surface area contributed by atoms with Gasteiger partial charge < -0.3 is 5.73 Å². The SMILES string of the molecule is Nc1cc(C#CCCl)ccc1Cl. The molecule has 1 rings (SSSR count). The van der Waals surface area contributed by atoms with Crippen molar-refractivity contribution in [3.8, 4) is 11.8 Å². The molecular formula is C9H7Cl2N. The fourth-order valence-corrected chi connectivity index (χ4v) is 0.941. The van der Waals surface area contributed by atoms with E-state index in [0.717, 1.165) is 5.56 Å². The highest BCUT2D eigenvalue weighted by molar-refractivity contribution is 6.33. The zero-order valence-electron chi connectivity index (χ0n) is 6.27. The lowest BCUT2D eigenvalue weighted by Crippen LogP contribution is -1.86. The van der Waals surface area contributed by atoms with Crippen molar-refractivity contribution >= 4 is 28.9 Å². The van der Waals surface area contributed by atoms with Crippen LogP contribution in [0.4, 0.5) is 5.69 Å². The predicted molar refractivity (Wildman–Crippen MR) is 53.5 cm³/mol. The molecule has 0 aliphatic rings. The second-order valence-corrected chi connectivity index (χ2v) is 2.85. The Labute approximate surface area is 81.5 Å². The van der Waals surface area contributed by atoms with E-state index in [1.54, 1.807) is 18.2 Å². The highest BCUT2D eigenvalue weighted by Gasteiger charge is 1.94. The Bertz CT molecular complexity index is 336. The van der Waals surface area contributed by atoms with Gasteiger partial charge in [-0.15, -0.1) is 11.6 Å². The van der Waals surface area contributed by atoms with E-state index in [4.69, 9.17) is 28.9 Å². The first-order chi connectivity index (χ1) is 5.74. The lowest BCUT2D eigenvalue weighted by atomic mass is 10.2. The predicted octanol–water partition coefficient (Wildman–Crippen LogP) is 2.51. The number of nitrogen functional groups attached to an aromatic ring is 1. The van der Waals surface area contributed by atoms with Gasteiger partial charge in [0.25, 0.3) is 0 Å². The summed E-state index contributed by atoms with van der Waals surface area (Å²) in [5.74, 6) is 5.89. The smallest absolute Gasteiger partial charge is 0.0839 e. The molecule has 0 aromatic heterocycles. The van der Waals surface area contributed by atoms with Gasteiger partial charge in [-0.2, -0.15) is 0 Å². The van der Waals surface area contributed by atoms with Gasteiger partial charge in [-0.05, 0) is 18.2 Å². The van der Waals surface area contributed by atoms with Crippen LogP contribution in [-0.2, 0) is 0 Å². The monoisotopic (exact) mass is 199 g/mol.